The molecule has 1 aliphatic heterocycles. The molecule has 1 atom stereocenters. The van der Waals surface area contributed by atoms with Crippen molar-refractivity contribution in [3.63, 3.8) is 0 Å². The summed E-state index contributed by atoms with van der Waals surface area (Å²) in [5, 5.41) is 8.26. The third-order valence-corrected chi connectivity index (χ3v) is 6.07. The van der Waals surface area contributed by atoms with E-state index in [1.54, 1.807) is 11.2 Å². The Morgan fingerprint density at radius 3 is 2.74 bits per heavy atom. The Morgan fingerprint density at radius 2 is 1.97 bits per heavy atom. The minimum atomic E-state index is -0.00925. The molecule has 1 unspecified atom stereocenters. The van der Waals surface area contributed by atoms with E-state index in [1.807, 2.05) is 34.0 Å². The zero-order valence-corrected chi connectivity index (χ0v) is 18.2. The van der Waals surface area contributed by atoms with Crippen molar-refractivity contribution in [2.24, 2.45) is 0 Å². The zero-order chi connectivity index (χ0) is 21.5. The molecular formula is C22H28N8O. The average Bonchev–Trinajstić information content (AvgIpc) is 3.15. The van der Waals surface area contributed by atoms with Crippen molar-refractivity contribution in [3.8, 4) is 11.5 Å². The van der Waals surface area contributed by atoms with Gasteiger partial charge < -0.3 is 14.0 Å². The van der Waals surface area contributed by atoms with E-state index in [-0.39, 0.29) is 18.1 Å². The van der Waals surface area contributed by atoms with Crippen LogP contribution in [0.1, 0.15) is 51.3 Å². The fourth-order valence-corrected chi connectivity index (χ4v) is 4.15. The maximum absolute atomic E-state index is 13.2. The molecule has 0 aromatic carbocycles. The first kappa shape index (κ1) is 19.7. The van der Waals surface area contributed by atoms with Gasteiger partial charge in [-0.1, -0.05) is 6.07 Å². The Balaban J connectivity index is 1.30. The summed E-state index contributed by atoms with van der Waals surface area (Å²) < 4.78 is 4.08. The summed E-state index contributed by atoms with van der Waals surface area (Å²) in [6.07, 6.45) is 8.21. The van der Waals surface area contributed by atoms with Crippen molar-refractivity contribution in [1.82, 2.24) is 34.2 Å². The number of urea groups is 1. The molecule has 31 heavy (non-hydrogen) atoms. The molecule has 3 aromatic heterocycles. The second-order valence-corrected chi connectivity index (χ2v) is 8.78. The normalized spacial score (nSPS) is 17.7. The molecule has 5 rings (SSSR count). The summed E-state index contributed by atoms with van der Waals surface area (Å²) in [5.41, 5.74) is 1.89. The Kier molecular flexibility index (Phi) is 4.95. The number of anilines is 1. The monoisotopic (exact) mass is 420 g/mol. The summed E-state index contributed by atoms with van der Waals surface area (Å²) in [4.78, 5) is 26.1. The molecule has 1 saturated carbocycles. The molecule has 0 spiro atoms. The van der Waals surface area contributed by atoms with Crippen LogP contribution < -0.4 is 4.90 Å². The Morgan fingerprint density at radius 1 is 1.13 bits per heavy atom. The molecule has 2 aliphatic rings. The quantitative estimate of drug-likeness (QED) is 0.585. The van der Waals surface area contributed by atoms with Crippen LogP contribution in [0, 0.1) is 0 Å². The number of aromatic nitrogens is 6. The number of amides is 2. The number of carbonyl (C=O) groups excluding carboxylic acids is 1. The highest BCUT2D eigenvalue weighted by atomic mass is 16.2. The standard InChI is InChI=1S/C22H28N8O/c1-15(2)30-14-24-26-21(30)18-5-4-6-20(25-18)29-10-9-28(22(29)31)16(3)11-27-12-19(23-13-27)17-7-8-17/h4-6,12-17H,7-11H2,1-3H3. The summed E-state index contributed by atoms with van der Waals surface area (Å²) >= 11 is 0. The number of rotatable bonds is 7. The lowest BCUT2D eigenvalue weighted by atomic mass is 10.3. The van der Waals surface area contributed by atoms with Gasteiger partial charge in [-0.3, -0.25) is 4.90 Å². The fourth-order valence-electron chi connectivity index (χ4n) is 4.15. The number of hydrogen-bond acceptors (Lipinski definition) is 5. The van der Waals surface area contributed by atoms with E-state index in [2.05, 4.69) is 46.7 Å². The van der Waals surface area contributed by atoms with Gasteiger partial charge in [-0.15, -0.1) is 10.2 Å². The smallest absolute Gasteiger partial charge is 0.326 e. The SMILES string of the molecule is CC(Cn1cnc(C2CC2)c1)N1CCN(c2cccc(-c3nncn3C(C)C)n2)C1=O. The molecule has 9 nitrogen and oxygen atoms in total. The maximum Gasteiger partial charge on any atom is 0.326 e. The average molecular weight is 421 g/mol. The first-order valence-electron chi connectivity index (χ1n) is 11.0. The summed E-state index contributed by atoms with van der Waals surface area (Å²) in [5.74, 6) is 2.00. The lowest BCUT2D eigenvalue weighted by Gasteiger charge is -2.25. The van der Waals surface area contributed by atoms with Gasteiger partial charge in [0.1, 0.15) is 17.8 Å². The van der Waals surface area contributed by atoms with Gasteiger partial charge in [-0.2, -0.15) is 0 Å². The van der Waals surface area contributed by atoms with Gasteiger partial charge in [0.05, 0.1) is 12.0 Å². The van der Waals surface area contributed by atoms with Crippen LogP contribution in [-0.2, 0) is 6.54 Å². The second-order valence-electron chi connectivity index (χ2n) is 8.78. The van der Waals surface area contributed by atoms with E-state index < -0.39 is 0 Å². The molecular weight excluding hydrogens is 392 g/mol. The topological polar surface area (TPSA) is 85.0 Å². The van der Waals surface area contributed by atoms with E-state index in [1.165, 1.54) is 18.5 Å². The third kappa shape index (κ3) is 3.80. The Hall–Kier alpha value is -3.23. The predicted octanol–water partition coefficient (Wildman–Crippen LogP) is 3.33. The second kappa shape index (κ2) is 7.79. The number of nitrogens with zero attached hydrogens (tertiary/aromatic N) is 8. The van der Waals surface area contributed by atoms with E-state index in [0.29, 0.717) is 36.3 Å². The van der Waals surface area contributed by atoms with Gasteiger partial charge in [0.25, 0.3) is 0 Å². The van der Waals surface area contributed by atoms with Gasteiger partial charge in [0.15, 0.2) is 5.82 Å². The molecule has 0 bridgehead atoms. The van der Waals surface area contributed by atoms with Crippen LogP contribution in [0.4, 0.5) is 10.6 Å². The minimum absolute atomic E-state index is 0.00925. The highest BCUT2D eigenvalue weighted by Gasteiger charge is 2.34. The molecule has 4 heterocycles. The van der Waals surface area contributed by atoms with Crippen molar-refractivity contribution < 1.29 is 4.79 Å². The Bertz CT molecular complexity index is 1080. The summed E-state index contributed by atoms with van der Waals surface area (Å²) in [6, 6.07) is 5.99. The number of hydrogen-bond donors (Lipinski definition) is 0. The molecule has 2 amide bonds. The van der Waals surface area contributed by atoms with Gasteiger partial charge in [0.2, 0.25) is 0 Å². The van der Waals surface area contributed by atoms with Crippen LogP contribution >= 0.6 is 0 Å². The number of pyridine rings is 1. The van der Waals surface area contributed by atoms with Crippen molar-refractivity contribution in [2.45, 2.75) is 58.2 Å². The highest BCUT2D eigenvalue weighted by Crippen LogP contribution is 2.38. The largest absolute Gasteiger partial charge is 0.335 e. The Labute approximate surface area is 181 Å². The van der Waals surface area contributed by atoms with Gasteiger partial charge >= 0.3 is 6.03 Å². The van der Waals surface area contributed by atoms with Crippen LogP contribution in [0.25, 0.3) is 11.5 Å². The van der Waals surface area contributed by atoms with Gasteiger partial charge in [-0.05, 0) is 45.7 Å². The van der Waals surface area contributed by atoms with Crippen LogP contribution in [0.3, 0.4) is 0 Å². The number of imidazole rings is 1. The van der Waals surface area contributed by atoms with E-state index >= 15 is 0 Å². The van der Waals surface area contributed by atoms with Crippen LogP contribution in [0.5, 0.6) is 0 Å². The minimum Gasteiger partial charge on any atom is -0.335 e. The third-order valence-electron chi connectivity index (χ3n) is 6.07. The highest BCUT2D eigenvalue weighted by molar-refractivity contribution is 5.93. The van der Waals surface area contributed by atoms with Crippen molar-refractivity contribution >= 4 is 11.8 Å². The van der Waals surface area contributed by atoms with Crippen LogP contribution in [0.15, 0.2) is 37.1 Å². The molecule has 0 N–H and O–H groups in total. The first-order valence-corrected chi connectivity index (χ1v) is 11.0. The molecule has 9 heteroatoms. The van der Waals surface area contributed by atoms with Crippen molar-refractivity contribution in [3.05, 3.63) is 42.7 Å². The van der Waals surface area contributed by atoms with E-state index in [0.717, 1.165) is 6.54 Å². The van der Waals surface area contributed by atoms with Gasteiger partial charge in [0, 0.05) is 43.8 Å². The van der Waals surface area contributed by atoms with E-state index in [4.69, 9.17) is 4.98 Å². The zero-order valence-electron chi connectivity index (χ0n) is 18.2. The fraction of sp³-hybridized carbons (Fsp3) is 0.500. The molecule has 2 fully saturated rings. The lowest BCUT2D eigenvalue weighted by molar-refractivity contribution is 0.198. The van der Waals surface area contributed by atoms with Gasteiger partial charge in [-0.25, -0.2) is 14.8 Å². The molecule has 1 aliphatic carbocycles. The summed E-state index contributed by atoms with van der Waals surface area (Å²) in [7, 11) is 0. The van der Waals surface area contributed by atoms with Crippen LogP contribution in [-0.4, -0.2) is 59.4 Å². The van der Waals surface area contributed by atoms with Crippen molar-refractivity contribution in [2.75, 3.05) is 18.0 Å². The number of carbonyl (C=O) groups is 1. The van der Waals surface area contributed by atoms with Crippen molar-refractivity contribution in [1.29, 1.82) is 0 Å². The van der Waals surface area contributed by atoms with E-state index in [9.17, 15) is 4.79 Å². The maximum atomic E-state index is 13.2. The molecule has 162 valence electrons. The molecule has 3 aromatic rings. The van der Waals surface area contributed by atoms with Crippen LogP contribution in [0.2, 0.25) is 0 Å². The summed E-state index contributed by atoms with van der Waals surface area (Å²) in [6.45, 7) is 8.28. The molecule has 1 saturated heterocycles. The predicted molar refractivity (Wildman–Crippen MR) is 117 cm³/mol. The lowest BCUT2D eigenvalue weighted by Crippen LogP contribution is -2.40. The molecule has 0 radical (unpaired) electrons. The first-order chi connectivity index (χ1) is 15.0.